The molecule has 10 heteroatoms. The lowest BCUT2D eigenvalue weighted by Crippen LogP contribution is -2.06. The van der Waals surface area contributed by atoms with Gasteiger partial charge in [-0.1, -0.05) is 45.6 Å². The summed E-state index contributed by atoms with van der Waals surface area (Å²) in [5, 5.41) is 18.7. The lowest BCUT2D eigenvalue weighted by molar-refractivity contribution is 0.0688. The van der Waals surface area contributed by atoms with Crippen LogP contribution in [0.4, 0.5) is 0 Å². The molecule has 1 fully saturated rings. The molecule has 0 radical (unpaired) electrons. The average Bonchev–Trinajstić information content (AvgIpc) is 3.50. The number of oxime groups is 1. The van der Waals surface area contributed by atoms with Crippen molar-refractivity contribution in [2.75, 3.05) is 0 Å². The smallest absolute Gasteiger partial charge is 0.354 e. The summed E-state index contributed by atoms with van der Waals surface area (Å²) in [4.78, 5) is 20.7. The predicted molar refractivity (Wildman–Crippen MR) is 146 cm³/mol. The summed E-state index contributed by atoms with van der Waals surface area (Å²) in [6.07, 6.45) is 3.84. The second-order valence-electron chi connectivity index (χ2n) is 9.63. The van der Waals surface area contributed by atoms with Gasteiger partial charge in [0.15, 0.2) is 6.10 Å². The van der Waals surface area contributed by atoms with Crippen LogP contribution in [0.15, 0.2) is 64.4 Å². The molecule has 6 rings (SSSR count). The molecule has 198 valence electrons. The number of aromatic carboxylic acids is 1. The van der Waals surface area contributed by atoms with Crippen molar-refractivity contribution in [3.8, 4) is 17.0 Å². The molecular formula is C29H23Cl2N3O5. The molecule has 8 nitrogen and oxygen atoms in total. The summed E-state index contributed by atoms with van der Waals surface area (Å²) in [6.45, 7) is 2.25. The van der Waals surface area contributed by atoms with Gasteiger partial charge in [0.25, 0.3) is 0 Å². The number of hydrogen-bond acceptors (Lipinski definition) is 7. The van der Waals surface area contributed by atoms with Crippen molar-refractivity contribution < 1.29 is 24.0 Å². The van der Waals surface area contributed by atoms with E-state index in [0.29, 0.717) is 39.4 Å². The molecule has 2 aromatic carbocycles. The molecule has 1 unspecified atom stereocenters. The van der Waals surface area contributed by atoms with Gasteiger partial charge in [-0.25, -0.2) is 9.78 Å². The Balaban J connectivity index is 1.18. The van der Waals surface area contributed by atoms with Gasteiger partial charge in [-0.15, -0.1) is 0 Å². The third-order valence-corrected chi connectivity index (χ3v) is 7.53. The number of nitrogens with zero attached hydrogens (tertiary/aromatic N) is 3. The molecule has 2 aromatic heterocycles. The quantitative estimate of drug-likeness (QED) is 0.238. The highest BCUT2D eigenvalue weighted by atomic mass is 35.5. The van der Waals surface area contributed by atoms with Crippen LogP contribution in [0.5, 0.6) is 5.75 Å². The molecule has 1 aliphatic heterocycles. The van der Waals surface area contributed by atoms with Crippen LogP contribution in [0.3, 0.4) is 0 Å². The van der Waals surface area contributed by atoms with Gasteiger partial charge in [-0.3, -0.25) is 0 Å². The van der Waals surface area contributed by atoms with E-state index in [-0.39, 0.29) is 18.4 Å². The largest absolute Gasteiger partial charge is 0.489 e. The van der Waals surface area contributed by atoms with E-state index in [0.717, 1.165) is 46.6 Å². The van der Waals surface area contributed by atoms with E-state index in [1.54, 1.807) is 24.3 Å². The van der Waals surface area contributed by atoms with Crippen molar-refractivity contribution in [2.45, 2.75) is 44.8 Å². The van der Waals surface area contributed by atoms with Crippen LogP contribution < -0.4 is 4.74 Å². The number of carbonyl (C=O) groups is 1. The molecule has 0 saturated heterocycles. The number of ether oxygens (including phenoxy) is 1. The first kappa shape index (κ1) is 25.4. The minimum atomic E-state index is -1.07. The first-order valence-corrected chi connectivity index (χ1v) is 13.2. The number of halogens is 2. The summed E-state index contributed by atoms with van der Waals surface area (Å²) < 4.78 is 12.0. The number of carboxylic acid groups (broad SMARTS) is 1. The summed E-state index contributed by atoms with van der Waals surface area (Å²) in [6, 6.07) is 14.3. The standard InChI is InChI=1S/C29H23Cl2N3O5/c1-15-11-18(8-9-19(15)24-12-25(38-33-24)17-7-10-23(29(35)36)32-13-17)37-14-20-27(34-39-28(20)16-5-6-16)26-21(30)3-2-4-22(26)31/h2-4,7-11,13,16,25H,5-6,12,14H2,1H3,(H,35,36). The van der Waals surface area contributed by atoms with E-state index in [4.69, 9.17) is 42.4 Å². The van der Waals surface area contributed by atoms with Gasteiger partial charge in [-0.05, 0) is 61.7 Å². The Kier molecular flexibility index (Phi) is 6.74. The minimum Gasteiger partial charge on any atom is -0.489 e. The zero-order valence-electron chi connectivity index (χ0n) is 20.9. The Labute approximate surface area is 234 Å². The van der Waals surface area contributed by atoms with Crippen LogP contribution in [0.2, 0.25) is 10.0 Å². The van der Waals surface area contributed by atoms with Crippen molar-refractivity contribution in [1.82, 2.24) is 10.1 Å². The van der Waals surface area contributed by atoms with Crippen LogP contribution in [0.1, 0.15) is 69.8 Å². The van der Waals surface area contributed by atoms with E-state index in [9.17, 15) is 4.79 Å². The summed E-state index contributed by atoms with van der Waals surface area (Å²) in [5.41, 5.74) is 5.60. The molecule has 0 spiro atoms. The maximum Gasteiger partial charge on any atom is 0.354 e. The molecule has 0 amide bonds. The first-order valence-electron chi connectivity index (χ1n) is 12.5. The second kappa shape index (κ2) is 10.4. The summed E-state index contributed by atoms with van der Waals surface area (Å²) in [7, 11) is 0. The zero-order chi connectivity index (χ0) is 27.1. The lowest BCUT2D eigenvalue weighted by Gasteiger charge is -2.12. The molecular weight excluding hydrogens is 541 g/mol. The Morgan fingerprint density at radius 2 is 1.92 bits per heavy atom. The van der Waals surface area contributed by atoms with Crippen molar-refractivity contribution in [3.05, 3.63) is 98.5 Å². The normalized spacial score (nSPS) is 16.6. The van der Waals surface area contributed by atoms with Gasteiger partial charge in [0.05, 0.1) is 21.3 Å². The molecule has 2 aliphatic rings. The second-order valence-corrected chi connectivity index (χ2v) is 10.4. The highest BCUT2D eigenvalue weighted by molar-refractivity contribution is 6.39. The maximum absolute atomic E-state index is 11.1. The predicted octanol–water partition coefficient (Wildman–Crippen LogP) is 7.37. The zero-order valence-corrected chi connectivity index (χ0v) is 22.4. The Morgan fingerprint density at radius 1 is 1.13 bits per heavy atom. The van der Waals surface area contributed by atoms with Crippen LogP contribution in [0.25, 0.3) is 11.3 Å². The van der Waals surface area contributed by atoms with E-state index in [2.05, 4.69) is 15.3 Å². The van der Waals surface area contributed by atoms with E-state index < -0.39 is 5.97 Å². The highest BCUT2D eigenvalue weighted by Crippen LogP contribution is 2.46. The van der Waals surface area contributed by atoms with Crippen LogP contribution in [-0.4, -0.2) is 26.9 Å². The minimum absolute atomic E-state index is 0.0122. The Bertz CT molecular complexity index is 1570. The van der Waals surface area contributed by atoms with E-state index in [1.165, 1.54) is 12.3 Å². The van der Waals surface area contributed by atoms with Crippen molar-refractivity contribution >= 4 is 34.9 Å². The summed E-state index contributed by atoms with van der Waals surface area (Å²) >= 11 is 12.9. The topological polar surface area (TPSA) is 107 Å². The van der Waals surface area contributed by atoms with Crippen molar-refractivity contribution in [1.29, 1.82) is 0 Å². The molecule has 3 heterocycles. The van der Waals surface area contributed by atoms with Gasteiger partial charge in [-0.2, -0.15) is 0 Å². The molecule has 1 saturated carbocycles. The van der Waals surface area contributed by atoms with Gasteiger partial charge in [0.1, 0.15) is 29.5 Å². The number of carboxylic acids is 1. The third kappa shape index (κ3) is 5.10. The number of rotatable bonds is 8. The van der Waals surface area contributed by atoms with Crippen molar-refractivity contribution in [2.24, 2.45) is 5.16 Å². The van der Waals surface area contributed by atoms with Crippen LogP contribution >= 0.6 is 23.2 Å². The fourth-order valence-corrected chi connectivity index (χ4v) is 5.27. The van der Waals surface area contributed by atoms with Crippen LogP contribution in [0, 0.1) is 6.92 Å². The fraction of sp³-hybridized carbons (Fsp3) is 0.241. The molecule has 1 N–H and O–H groups in total. The lowest BCUT2D eigenvalue weighted by atomic mass is 9.98. The van der Waals surface area contributed by atoms with Gasteiger partial charge < -0.3 is 19.2 Å². The van der Waals surface area contributed by atoms with Crippen LogP contribution in [-0.2, 0) is 11.4 Å². The van der Waals surface area contributed by atoms with E-state index in [1.807, 2.05) is 25.1 Å². The number of aromatic nitrogens is 2. The Hall–Kier alpha value is -3.88. The molecule has 1 atom stereocenters. The number of pyridine rings is 1. The monoisotopic (exact) mass is 563 g/mol. The molecule has 4 aromatic rings. The third-order valence-electron chi connectivity index (χ3n) is 6.90. The number of aryl methyl sites for hydroxylation is 1. The highest BCUT2D eigenvalue weighted by Gasteiger charge is 2.34. The molecule has 0 bridgehead atoms. The van der Waals surface area contributed by atoms with Crippen molar-refractivity contribution in [3.63, 3.8) is 0 Å². The number of benzene rings is 2. The first-order chi connectivity index (χ1) is 18.9. The molecule has 39 heavy (non-hydrogen) atoms. The van der Waals surface area contributed by atoms with Gasteiger partial charge in [0, 0.05) is 35.2 Å². The molecule has 1 aliphatic carbocycles. The maximum atomic E-state index is 11.1. The summed E-state index contributed by atoms with van der Waals surface area (Å²) in [5.74, 6) is 0.781. The van der Waals surface area contributed by atoms with Gasteiger partial charge >= 0.3 is 5.97 Å². The number of hydrogen-bond donors (Lipinski definition) is 1. The fourth-order valence-electron chi connectivity index (χ4n) is 4.69. The SMILES string of the molecule is Cc1cc(OCc2c(-c3c(Cl)cccc3Cl)noc2C2CC2)ccc1C1=NOC(c2ccc(C(=O)O)nc2)C1. The van der Waals surface area contributed by atoms with E-state index >= 15 is 0 Å². The average molecular weight is 564 g/mol. The van der Waals surface area contributed by atoms with Gasteiger partial charge in [0.2, 0.25) is 0 Å². The Morgan fingerprint density at radius 3 is 2.59 bits per heavy atom.